The summed E-state index contributed by atoms with van der Waals surface area (Å²) in [6.45, 7) is 5.37. The van der Waals surface area contributed by atoms with Gasteiger partial charge in [-0.15, -0.1) is 0 Å². The van der Waals surface area contributed by atoms with Gasteiger partial charge < -0.3 is 14.2 Å². The molecule has 0 radical (unpaired) electrons. The summed E-state index contributed by atoms with van der Waals surface area (Å²) in [5.41, 5.74) is 3.70. The molecule has 1 fully saturated rings. The molecule has 2 heterocycles. The van der Waals surface area contributed by atoms with Crippen LogP contribution in [0.2, 0.25) is 0 Å². The lowest BCUT2D eigenvalue weighted by molar-refractivity contribution is 0.0703. The first kappa shape index (κ1) is 19.2. The van der Waals surface area contributed by atoms with Crippen molar-refractivity contribution in [2.24, 2.45) is 0 Å². The molecule has 1 aliphatic heterocycles. The molecule has 2 aromatic carbocycles. The number of methoxy groups -OCH3 is 1. The van der Waals surface area contributed by atoms with Crippen LogP contribution in [0.3, 0.4) is 0 Å². The molecule has 0 unspecified atom stereocenters. The van der Waals surface area contributed by atoms with Crippen LogP contribution in [-0.2, 0) is 0 Å². The van der Waals surface area contributed by atoms with Crippen LogP contribution in [-0.4, -0.2) is 41.1 Å². The summed E-state index contributed by atoms with van der Waals surface area (Å²) in [5.74, 6) is 1.91. The van der Waals surface area contributed by atoms with Gasteiger partial charge in [-0.3, -0.25) is 4.79 Å². The Labute approximate surface area is 170 Å². The van der Waals surface area contributed by atoms with Gasteiger partial charge in [-0.25, -0.2) is 0 Å². The van der Waals surface area contributed by atoms with Crippen molar-refractivity contribution in [2.45, 2.75) is 32.6 Å². The summed E-state index contributed by atoms with van der Waals surface area (Å²) in [7, 11) is 1.62. The Morgan fingerprint density at radius 3 is 2.83 bits per heavy atom. The summed E-state index contributed by atoms with van der Waals surface area (Å²) < 4.78 is 10.9. The lowest BCUT2D eigenvalue weighted by atomic mass is 9.96. The molecule has 150 valence electrons. The fourth-order valence-electron chi connectivity index (χ4n) is 3.93. The maximum Gasteiger partial charge on any atom is 0.261 e. The van der Waals surface area contributed by atoms with E-state index >= 15 is 0 Å². The summed E-state index contributed by atoms with van der Waals surface area (Å²) >= 11 is 0. The highest BCUT2D eigenvalue weighted by atomic mass is 16.5. The van der Waals surface area contributed by atoms with Gasteiger partial charge in [0.1, 0.15) is 5.75 Å². The minimum Gasteiger partial charge on any atom is -0.496 e. The molecule has 0 aliphatic carbocycles. The lowest BCUT2D eigenvalue weighted by Gasteiger charge is -2.31. The summed E-state index contributed by atoms with van der Waals surface area (Å²) in [5, 5.41) is 4.21. The van der Waals surface area contributed by atoms with E-state index < -0.39 is 0 Å². The van der Waals surface area contributed by atoms with Gasteiger partial charge in [0.05, 0.1) is 12.7 Å². The smallest absolute Gasteiger partial charge is 0.261 e. The van der Waals surface area contributed by atoms with Crippen LogP contribution in [0, 0.1) is 13.8 Å². The molecule has 1 amide bonds. The maximum atomic E-state index is 13.1. The van der Waals surface area contributed by atoms with E-state index in [0.717, 1.165) is 41.6 Å². The zero-order valence-electron chi connectivity index (χ0n) is 17.0. The van der Waals surface area contributed by atoms with E-state index in [-0.39, 0.29) is 11.8 Å². The van der Waals surface area contributed by atoms with E-state index in [1.54, 1.807) is 7.11 Å². The van der Waals surface area contributed by atoms with Gasteiger partial charge in [0.2, 0.25) is 0 Å². The van der Waals surface area contributed by atoms with E-state index in [0.29, 0.717) is 24.0 Å². The van der Waals surface area contributed by atoms with Crippen LogP contribution in [0.5, 0.6) is 5.75 Å². The standard InChI is InChI=1S/C23H25N3O3/c1-15-10-11-18(16(2)13-15)23(27)26-12-6-7-17(14-26)21-24-22(29-25-21)19-8-4-5-9-20(19)28-3/h4-5,8-11,13,17H,6-7,12,14H2,1-3H3/t17-/m1/s1. The number of ether oxygens (including phenoxy) is 1. The van der Waals surface area contributed by atoms with Crippen LogP contribution >= 0.6 is 0 Å². The van der Waals surface area contributed by atoms with Gasteiger partial charge >= 0.3 is 0 Å². The predicted molar refractivity (Wildman–Crippen MR) is 110 cm³/mol. The van der Waals surface area contributed by atoms with Crippen LogP contribution in [0.1, 0.15) is 46.1 Å². The number of carbonyl (C=O) groups is 1. The zero-order chi connectivity index (χ0) is 20.4. The van der Waals surface area contributed by atoms with Gasteiger partial charge in [0, 0.05) is 24.6 Å². The average molecular weight is 391 g/mol. The van der Waals surface area contributed by atoms with Crippen molar-refractivity contribution in [3.63, 3.8) is 0 Å². The van der Waals surface area contributed by atoms with Crippen molar-refractivity contribution in [3.8, 4) is 17.2 Å². The number of amides is 1. The third-order valence-electron chi connectivity index (χ3n) is 5.47. The van der Waals surface area contributed by atoms with E-state index in [2.05, 4.69) is 10.1 Å². The fourth-order valence-corrected chi connectivity index (χ4v) is 3.93. The number of carbonyl (C=O) groups excluding carboxylic acids is 1. The minimum atomic E-state index is 0.0608. The lowest BCUT2D eigenvalue weighted by Crippen LogP contribution is -2.39. The van der Waals surface area contributed by atoms with Crippen molar-refractivity contribution in [1.29, 1.82) is 0 Å². The molecule has 1 aromatic heterocycles. The summed E-state index contributed by atoms with van der Waals surface area (Å²) in [4.78, 5) is 19.6. The number of piperidine rings is 1. The number of nitrogens with zero attached hydrogens (tertiary/aromatic N) is 3. The zero-order valence-corrected chi connectivity index (χ0v) is 17.0. The molecule has 6 heteroatoms. The first-order valence-electron chi connectivity index (χ1n) is 9.90. The van der Waals surface area contributed by atoms with Crippen LogP contribution in [0.4, 0.5) is 0 Å². The number of likely N-dealkylation sites (tertiary alicyclic amines) is 1. The molecule has 3 aromatic rings. The molecule has 0 saturated carbocycles. The highest BCUT2D eigenvalue weighted by molar-refractivity contribution is 5.95. The molecule has 4 rings (SSSR count). The second-order valence-corrected chi connectivity index (χ2v) is 7.57. The molecule has 0 bridgehead atoms. The average Bonchev–Trinajstić information content (AvgIpc) is 3.23. The Hall–Kier alpha value is -3.15. The van der Waals surface area contributed by atoms with E-state index in [1.807, 2.05) is 61.2 Å². The molecular weight excluding hydrogens is 366 g/mol. The van der Waals surface area contributed by atoms with Gasteiger partial charge in [0.15, 0.2) is 5.82 Å². The number of aromatic nitrogens is 2. The first-order chi connectivity index (χ1) is 14.1. The molecule has 1 saturated heterocycles. The Kier molecular flexibility index (Phi) is 5.34. The van der Waals surface area contributed by atoms with Crippen molar-refractivity contribution in [3.05, 3.63) is 65.0 Å². The topological polar surface area (TPSA) is 68.5 Å². The number of rotatable bonds is 4. The van der Waals surface area contributed by atoms with Gasteiger partial charge in [0.25, 0.3) is 11.8 Å². The minimum absolute atomic E-state index is 0.0608. The van der Waals surface area contributed by atoms with E-state index in [4.69, 9.17) is 9.26 Å². The van der Waals surface area contributed by atoms with Crippen molar-refractivity contribution in [1.82, 2.24) is 15.0 Å². The predicted octanol–water partition coefficient (Wildman–Crippen LogP) is 4.38. The molecule has 0 N–H and O–H groups in total. The number of aryl methyl sites for hydroxylation is 2. The summed E-state index contributed by atoms with van der Waals surface area (Å²) in [6, 6.07) is 13.5. The van der Waals surface area contributed by atoms with Crippen LogP contribution in [0.15, 0.2) is 47.0 Å². The van der Waals surface area contributed by atoms with Crippen molar-refractivity contribution >= 4 is 5.91 Å². The van der Waals surface area contributed by atoms with Crippen molar-refractivity contribution in [2.75, 3.05) is 20.2 Å². The third-order valence-corrected chi connectivity index (χ3v) is 5.47. The van der Waals surface area contributed by atoms with E-state index in [1.165, 1.54) is 0 Å². The number of hydrogen-bond acceptors (Lipinski definition) is 5. The molecular formula is C23H25N3O3. The monoisotopic (exact) mass is 391 g/mol. The highest BCUT2D eigenvalue weighted by Gasteiger charge is 2.29. The van der Waals surface area contributed by atoms with Gasteiger partial charge in [-0.05, 0) is 50.5 Å². The molecule has 0 spiro atoms. The van der Waals surface area contributed by atoms with Gasteiger partial charge in [-0.1, -0.05) is 35.0 Å². The number of para-hydroxylation sites is 1. The molecule has 1 atom stereocenters. The van der Waals surface area contributed by atoms with Crippen LogP contribution in [0.25, 0.3) is 11.5 Å². The Morgan fingerprint density at radius 2 is 2.03 bits per heavy atom. The second-order valence-electron chi connectivity index (χ2n) is 7.57. The van der Waals surface area contributed by atoms with Crippen molar-refractivity contribution < 1.29 is 14.1 Å². The molecule has 6 nitrogen and oxygen atoms in total. The van der Waals surface area contributed by atoms with Gasteiger partial charge in [-0.2, -0.15) is 4.98 Å². The Bertz CT molecular complexity index is 1030. The van der Waals surface area contributed by atoms with Crippen LogP contribution < -0.4 is 4.74 Å². The normalized spacial score (nSPS) is 16.7. The quantitative estimate of drug-likeness (QED) is 0.660. The third kappa shape index (κ3) is 3.88. The largest absolute Gasteiger partial charge is 0.496 e. The maximum absolute atomic E-state index is 13.1. The summed E-state index contributed by atoms with van der Waals surface area (Å²) in [6.07, 6.45) is 1.85. The Balaban J connectivity index is 1.53. The number of hydrogen-bond donors (Lipinski definition) is 0. The molecule has 29 heavy (non-hydrogen) atoms. The highest BCUT2D eigenvalue weighted by Crippen LogP contribution is 2.31. The Morgan fingerprint density at radius 1 is 1.21 bits per heavy atom. The first-order valence-corrected chi connectivity index (χ1v) is 9.90. The fraction of sp³-hybridized carbons (Fsp3) is 0.348. The second kappa shape index (κ2) is 8.07. The number of benzene rings is 2. The molecule has 1 aliphatic rings. The SMILES string of the molecule is COc1ccccc1-c1nc([C@@H]2CCCN(C(=O)c3ccc(C)cc3C)C2)no1. The van der Waals surface area contributed by atoms with E-state index in [9.17, 15) is 4.79 Å².